The molecule has 0 spiro atoms. The van der Waals surface area contributed by atoms with Crippen molar-refractivity contribution >= 4 is 22.6 Å². The van der Waals surface area contributed by atoms with Crippen LogP contribution in [0.1, 0.15) is 59.9 Å². The van der Waals surface area contributed by atoms with Crippen molar-refractivity contribution in [3.63, 3.8) is 0 Å². The SMILES string of the molecule is Cc1cc(OC(C)C)ccc1NC(=O)c1cc(C2CC2)nc2c1c(C)nn2-c1ccccn1. The summed E-state index contributed by atoms with van der Waals surface area (Å²) in [7, 11) is 0. The minimum absolute atomic E-state index is 0.0920. The van der Waals surface area contributed by atoms with Crippen molar-refractivity contribution in [3.05, 3.63) is 71.2 Å². The highest BCUT2D eigenvalue weighted by atomic mass is 16.5. The second-order valence-electron chi connectivity index (χ2n) is 8.85. The first kappa shape index (κ1) is 21.1. The molecule has 3 aromatic heterocycles. The van der Waals surface area contributed by atoms with Crippen LogP contribution in [0.3, 0.4) is 0 Å². The lowest BCUT2D eigenvalue weighted by molar-refractivity contribution is 0.102. The second kappa shape index (κ2) is 8.31. The summed E-state index contributed by atoms with van der Waals surface area (Å²) in [5.41, 5.74) is 4.62. The number of carbonyl (C=O) groups excluding carboxylic acids is 1. The fourth-order valence-corrected chi connectivity index (χ4v) is 4.03. The molecule has 1 fully saturated rings. The first-order valence-corrected chi connectivity index (χ1v) is 11.3. The van der Waals surface area contributed by atoms with E-state index in [1.165, 1.54) is 0 Å². The quantitative estimate of drug-likeness (QED) is 0.436. The summed E-state index contributed by atoms with van der Waals surface area (Å²) >= 11 is 0. The first-order valence-electron chi connectivity index (χ1n) is 11.3. The third-order valence-corrected chi connectivity index (χ3v) is 5.76. The summed E-state index contributed by atoms with van der Waals surface area (Å²) in [6.07, 6.45) is 4.00. The van der Waals surface area contributed by atoms with Gasteiger partial charge in [-0.2, -0.15) is 9.78 Å². The highest BCUT2D eigenvalue weighted by Crippen LogP contribution is 2.41. The zero-order chi connectivity index (χ0) is 23.1. The number of fused-ring (bicyclic) bond motifs is 1. The van der Waals surface area contributed by atoms with E-state index in [2.05, 4.69) is 15.4 Å². The Kier molecular flexibility index (Phi) is 5.32. The molecule has 1 aliphatic carbocycles. The van der Waals surface area contributed by atoms with Gasteiger partial charge >= 0.3 is 0 Å². The lowest BCUT2D eigenvalue weighted by atomic mass is 10.1. The number of aromatic nitrogens is 4. The van der Waals surface area contributed by atoms with Gasteiger partial charge < -0.3 is 10.1 Å². The summed E-state index contributed by atoms with van der Waals surface area (Å²) in [6.45, 7) is 7.85. The van der Waals surface area contributed by atoms with Gasteiger partial charge in [0.05, 0.1) is 22.7 Å². The van der Waals surface area contributed by atoms with Crippen molar-refractivity contribution in [2.75, 3.05) is 5.32 Å². The Morgan fingerprint density at radius 2 is 1.97 bits per heavy atom. The molecule has 7 heteroatoms. The molecule has 1 aliphatic rings. The fraction of sp³-hybridized carbons (Fsp3) is 0.308. The minimum Gasteiger partial charge on any atom is -0.491 e. The predicted molar refractivity (Wildman–Crippen MR) is 128 cm³/mol. The van der Waals surface area contributed by atoms with Gasteiger partial charge in [-0.3, -0.25) is 4.79 Å². The molecule has 3 heterocycles. The second-order valence-corrected chi connectivity index (χ2v) is 8.85. The van der Waals surface area contributed by atoms with Crippen molar-refractivity contribution < 1.29 is 9.53 Å². The molecule has 0 bridgehead atoms. The maximum Gasteiger partial charge on any atom is 0.256 e. The number of nitrogens with one attached hydrogen (secondary N) is 1. The highest BCUT2D eigenvalue weighted by molar-refractivity contribution is 6.13. The molecule has 168 valence electrons. The van der Waals surface area contributed by atoms with Crippen molar-refractivity contribution in [2.45, 2.75) is 52.6 Å². The smallest absolute Gasteiger partial charge is 0.256 e. The third-order valence-electron chi connectivity index (χ3n) is 5.76. The number of amides is 1. The largest absolute Gasteiger partial charge is 0.491 e. The summed E-state index contributed by atoms with van der Waals surface area (Å²) in [6, 6.07) is 13.3. The van der Waals surface area contributed by atoms with E-state index in [4.69, 9.17) is 9.72 Å². The van der Waals surface area contributed by atoms with E-state index in [1.54, 1.807) is 10.9 Å². The molecule has 1 amide bonds. The van der Waals surface area contributed by atoms with Gasteiger partial charge in [0.15, 0.2) is 11.5 Å². The number of rotatable bonds is 6. The Labute approximate surface area is 192 Å². The molecular formula is C26H27N5O2. The van der Waals surface area contributed by atoms with Crippen LogP contribution in [0.15, 0.2) is 48.7 Å². The van der Waals surface area contributed by atoms with Gasteiger partial charge in [0.1, 0.15) is 5.75 Å². The molecule has 0 unspecified atom stereocenters. The highest BCUT2D eigenvalue weighted by Gasteiger charge is 2.29. The number of benzene rings is 1. The van der Waals surface area contributed by atoms with E-state index in [1.807, 2.05) is 70.2 Å². The maximum absolute atomic E-state index is 13.5. The fourth-order valence-electron chi connectivity index (χ4n) is 4.03. The van der Waals surface area contributed by atoms with Gasteiger partial charge in [-0.15, -0.1) is 0 Å². The zero-order valence-electron chi connectivity index (χ0n) is 19.3. The Hall–Kier alpha value is -3.74. The standard InChI is InChI=1S/C26H27N5O2/c1-15(2)33-19-10-11-21(16(3)13-19)29-26(32)20-14-22(18-8-9-18)28-25-24(20)17(4)30-31(25)23-7-5-6-12-27-23/h5-7,10-15,18H,8-9H2,1-4H3,(H,29,32). The van der Waals surface area contributed by atoms with Gasteiger partial charge in [-0.25, -0.2) is 9.97 Å². The maximum atomic E-state index is 13.5. The van der Waals surface area contributed by atoms with Crippen LogP contribution in [0, 0.1) is 13.8 Å². The number of hydrogen-bond acceptors (Lipinski definition) is 5. The summed E-state index contributed by atoms with van der Waals surface area (Å²) in [5.74, 6) is 1.69. The Morgan fingerprint density at radius 1 is 1.15 bits per heavy atom. The molecule has 1 N–H and O–H groups in total. The molecule has 0 atom stereocenters. The van der Waals surface area contributed by atoms with Gasteiger partial charge in [0.25, 0.3) is 5.91 Å². The molecule has 7 nitrogen and oxygen atoms in total. The number of carbonyl (C=O) groups is 1. The Morgan fingerprint density at radius 3 is 2.64 bits per heavy atom. The number of nitrogens with zero attached hydrogens (tertiary/aromatic N) is 4. The molecule has 1 aromatic carbocycles. The topological polar surface area (TPSA) is 81.9 Å². The predicted octanol–water partition coefficient (Wildman–Crippen LogP) is 5.35. The molecule has 0 aliphatic heterocycles. The third kappa shape index (κ3) is 4.18. The Balaban J connectivity index is 1.56. The van der Waals surface area contributed by atoms with E-state index >= 15 is 0 Å². The van der Waals surface area contributed by atoms with E-state index < -0.39 is 0 Å². The molecular weight excluding hydrogens is 414 g/mol. The summed E-state index contributed by atoms with van der Waals surface area (Å²) in [4.78, 5) is 22.9. The average Bonchev–Trinajstić information content (AvgIpc) is 3.59. The molecule has 0 saturated heterocycles. The van der Waals surface area contributed by atoms with Crippen LogP contribution < -0.4 is 10.1 Å². The van der Waals surface area contributed by atoms with Crippen LogP contribution in [-0.2, 0) is 0 Å². The monoisotopic (exact) mass is 441 g/mol. The van der Waals surface area contributed by atoms with Crippen LogP contribution in [0.2, 0.25) is 0 Å². The minimum atomic E-state index is -0.173. The van der Waals surface area contributed by atoms with E-state index in [0.29, 0.717) is 22.9 Å². The van der Waals surface area contributed by atoms with Crippen molar-refractivity contribution in [1.82, 2.24) is 19.7 Å². The van der Waals surface area contributed by atoms with Crippen LogP contribution in [-0.4, -0.2) is 31.8 Å². The van der Waals surface area contributed by atoms with E-state index in [0.717, 1.165) is 46.6 Å². The summed E-state index contributed by atoms with van der Waals surface area (Å²) < 4.78 is 7.50. The van der Waals surface area contributed by atoms with Gasteiger partial charge in [0.2, 0.25) is 0 Å². The van der Waals surface area contributed by atoms with E-state index in [9.17, 15) is 4.79 Å². The normalized spacial score (nSPS) is 13.5. The number of hydrogen-bond donors (Lipinski definition) is 1. The number of anilines is 1. The van der Waals surface area contributed by atoms with Crippen molar-refractivity contribution in [2.24, 2.45) is 0 Å². The van der Waals surface area contributed by atoms with Gasteiger partial charge in [-0.1, -0.05) is 6.07 Å². The van der Waals surface area contributed by atoms with Gasteiger partial charge in [-0.05, 0) is 82.5 Å². The van der Waals surface area contributed by atoms with Crippen LogP contribution in [0.5, 0.6) is 5.75 Å². The zero-order valence-corrected chi connectivity index (χ0v) is 19.3. The Bertz CT molecular complexity index is 1340. The number of ether oxygens (including phenoxy) is 1. The molecule has 0 radical (unpaired) electrons. The van der Waals surface area contributed by atoms with Crippen LogP contribution in [0.4, 0.5) is 5.69 Å². The first-order chi connectivity index (χ1) is 15.9. The van der Waals surface area contributed by atoms with Crippen LogP contribution in [0.25, 0.3) is 16.9 Å². The summed E-state index contributed by atoms with van der Waals surface area (Å²) in [5, 5.41) is 8.52. The van der Waals surface area contributed by atoms with Gasteiger partial charge in [0, 0.05) is 23.5 Å². The molecule has 1 saturated carbocycles. The molecule has 33 heavy (non-hydrogen) atoms. The van der Waals surface area contributed by atoms with E-state index in [-0.39, 0.29) is 12.0 Å². The average molecular weight is 442 g/mol. The molecule has 5 rings (SSSR count). The lowest BCUT2D eigenvalue weighted by Gasteiger charge is -2.14. The number of pyridine rings is 2. The van der Waals surface area contributed by atoms with Crippen molar-refractivity contribution in [3.8, 4) is 11.6 Å². The lowest BCUT2D eigenvalue weighted by Crippen LogP contribution is -2.15. The molecule has 4 aromatic rings. The number of aryl methyl sites for hydroxylation is 2. The van der Waals surface area contributed by atoms with Crippen LogP contribution >= 0.6 is 0 Å². The van der Waals surface area contributed by atoms with Crippen molar-refractivity contribution in [1.29, 1.82) is 0 Å².